The lowest BCUT2D eigenvalue weighted by Gasteiger charge is -2.38. The molecule has 0 bridgehead atoms. The van der Waals surface area contributed by atoms with Crippen molar-refractivity contribution in [2.45, 2.75) is 57.8 Å². The van der Waals surface area contributed by atoms with Crippen molar-refractivity contribution in [3.05, 3.63) is 30.0 Å². The first kappa shape index (κ1) is 21.2. The van der Waals surface area contributed by atoms with Crippen LogP contribution in [0.5, 0.6) is 0 Å². The van der Waals surface area contributed by atoms with Crippen LogP contribution in [0, 0.1) is 0 Å². The van der Waals surface area contributed by atoms with E-state index >= 15 is 0 Å². The van der Waals surface area contributed by atoms with E-state index in [1.165, 1.54) is 10.6 Å². The van der Waals surface area contributed by atoms with E-state index in [2.05, 4.69) is 0 Å². The molecule has 3 heterocycles. The number of nitrogens with zero attached hydrogens (tertiary/aromatic N) is 2. The zero-order valence-electron chi connectivity index (χ0n) is 17.2. The van der Waals surface area contributed by atoms with Crippen molar-refractivity contribution >= 4 is 29.4 Å². The highest BCUT2D eigenvalue weighted by atomic mass is 19.3. The molecule has 2 aliphatic rings. The molecule has 1 amide bonds. The number of amides is 1. The van der Waals surface area contributed by atoms with Crippen LogP contribution < -0.4 is 5.46 Å². The Hall–Kier alpha value is -2.07. The third-order valence-corrected chi connectivity index (χ3v) is 6.13. The molecule has 1 aromatic carbocycles. The molecule has 2 aliphatic heterocycles. The number of likely N-dealkylation sites (tertiary alicyclic amines) is 1. The number of carbonyl (C=O) groups is 1. The highest BCUT2D eigenvalue weighted by Gasteiger charge is 2.52. The summed E-state index contributed by atoms with van der Waals surface area (Å²) in [5, 5.41) is 0.562. The first-order valence-electron chi connectivity index (χ1n) is 9.74. The minimum absolute atomic E-state index is 0.0353. The van der Waals surface area contributed by atoms with Crippen molar-refractivity contribution in [2.75, 3.05) is 13.1 Å². The Morgan fingerprint density at radius 1 is 1.10 bits per heavy atom. The van der Waals surface area contributed by atoms with Gasteiger partial charge in [-0.1, -0.05) is 12.1 Å². The fraction of sp³-hybridized carbons (Fsp3) is 0.550. The standard InChI is InChI=1S/C20H23BF4N2O3/c1-18(2)19(3,4)30-21(29-18)13-6-5-12-7-15(17(28)26-10-20(24,25)11-26)27(9-16(22)23)14(12)8-13/h5-8,16H,9-11H2,1-4H3. The van der Waals surface area contributed by atoms with Crippen LogP contribution in [0.2, 0.25) is 0 Å². The van der Waals surface area contributed by atoms with Gasteiger partial charge >= 0.3 is 7.12 Å². The van der Waals surface area contributed by atoms with Gasteiger partial charge in [0.25, 0.3) is 18.3 Å². The van der Waals surface area contributed by atoms with Crippen LogP contribution >= 0.6 is 0 Å². The normalized spacial score (nSPS) is 22.0. The van der Waals surface area contributed by atoms with E-state index < -0.39 is 56.2 Å². The van der Waals surface area contributed by atoms with Crippen LogP contribution in [-0.4, -0.2) is 59.1 Å². The van der Waals surface area contributed by atoms with Crippen molar-refractivity contribution < 1.29 is 31.7 Å². The third kappa shape index (κ3) is 3.49. The number of alkyl halides is 4. The highest BCUT2D eigenvalue weighted by Crippen LogP contribution is 2.37. The molecule has 0 atom stereocenters. The molecule has 0 aliphatic carbocycles. The number of hydrogen-bond acceptors (Lipinski definition) is 3. The lowest BCUT2D eigenvalue weighted by Crippen LogP contribution is -2.58. The van der Waals surface area contributed by atoms with Crippen molar-refractivity contribution in [3.63, 3.8) is 0 Å². The Morgan fingerprint density at radius 3 is 2.23 bits per heavy atom. The summed E-state index contributed by atoms with van der Waals surface area (Å²) in [6, 6.07) is 6.56. The van der Waals surface area contributed by atoms with Crippen molar-refractivity contribution in [1.82, 2.24) is 9.47 Å². The molecule has 162 valence electrons. The van der Waals surface area contributed by atoms with E-state index in [4.69, 9.17) is 9.31 Å². The van der Waals surface area contributed by atoms with Gasteiger partial charge in [-0.2, -0.15) is 0 Å². The Labute approximate surface area is 172 Å². The summed E-state index contributed by atoms with van der Waals surface area (Å²) in [6.07, 6.45) is -2.72. The van der Waals surface area contributed by atoms with Gasteiger partial charge in [0, 0.05) is 10.9 Å². The molecule has 30 heavy (non-hydrogen) atoms. The highest BCUT2D eigenvalue weighted by molar-refractivity contribution is 6.62. The maximum atomic E-state index is 13.3. The number of fused-ring (bicyclic) bond motifs is 1. The zero-order valence-corrected chi connectivity index (χ0v) is 17.2. The van der Waals surface area contributed by atoms with Crippen LogP contribution in [0.25, 0.3) is 10.9 Å². The predicted octanol–water partition coefficient (Wildman–Crippen LogP) is 3.30. The maximum Gasteiger partial charge on any atom is 0.494 e. The summed E-state index contributed by atoms with van der Waals surface area (Å²) >= 11 is 0. The van der Waals surface area contributed by atoms with Crippen molar-refractivity contribution in [3.8, 4) is 0 Å². The molecule has 2 aromatic rings. The number of rotatable bonds is 4. The summed E-state index contributed by atoms with van der Waals surface area (Å²) in [5.41, 5.74) is -0.141. The largest absolute Gasteiger partial charge is 0.494 e. The molecule has 2 fully saturated rings. The predicted molar refractivity (Wildman–Crippen MR) is 105 cm³/mol. The second-order valence-corrected chi connectivity index (χ2v) is 8.95. The van der Waals surface area contributed by atoms with Crippen LogP contribution in [0.1, 0.15) is 38.2 Å². The lowest BCUT2D eigenvalue weighted by molar-refractivity contribution is -0.113. The summed E-state index contributed by atoms with van der Waals surface area (Å²) in [4.78, 5) is 13.6. The van der Waals surface area contributed by atoms with Gasteiger partial charge in [-0.3, -0.25) is 4.79 Å². The average Bonchev–Trinajstić information content (AvgIpc) is 3.05. The van der Waals surface area contributed by atoms with E-state index in [-0.39, 0.29) is 5.69 Å². The second-order valence-electron chi connectivity index (χ2n) is 8.95. The molecular formula is C20H23BF4N2O3. The molecule has 2 saturated heterocycles. The average molecular weight is 426 g/mol. The second kappa shape index (κ2) is 6.72. The van der Waals surface area contributed by atoms with Gasteiger partial charge in [-0.25, -0.2) is 17.6 Å². The fourth-order valence-corrected chi connectivity index (χ4v) is 3.73. The fourth-order valence-electron chi connectivity index (χ4n) is 3.73. The van der Waals surface area contributed by atoms with E-state index in [0.29, 0.717) is 16.4 Å². The SMILES string of the molecule is CC1(C)OB(c2ccc3cc(C(=O)N4CC(F)(F)C4)n(CC(F)F)c3c2)OC1(C)C. The summed E-state index contributed by atoms with van der Waals surface area (Å²) < 4.78 is 66.2. The number of aromatic nitrogens is 1. The minimum Gasteiger partial charge on any atom is -0.399 e. The Morgan fingerprint density at radius 2 is 1.70 bits per heavy atom. The zero-order chi connectivity index (χ0) is 22.1. The number of hydrogen-bond donors (Lipinski definition) is 0. The van der Waals surface area contributed by atoms with Crippen LogP contribution in [0.4, 0.5) is 17.6 Å². The molecule has 0 saturated carbocycles. The molecule has 0 radical (unpaired) electrons. The maximum absolute atomic E-state index is 13.3. The van der Waals surface area contributed by atoms with Gasteiger partial charge in [0.1, 0.15) is 5.69 Å². The summed E-state index contributed by atoms with van der Waals surface area (Å²) in [6.45, 7) is 5.49. The van der Waals surface area contributed by atoms with Crippen molar-refractivity contribution in [1.29, 1.82) is 0 Å². The number of halogens is 4. The van der Waals surface area contributed by atoms with Gasteiger partial charge in [-0.05, 0) is 45.3 Å². The van der Waals surface area contributed by atoms with Gasteiger partial charge in [-0.15, -0.1) is 0 Å². The van der Waals surface area contributed by atoms with Crippen LogP contribution in [0.15, 0.2) is 24.3 Å². The van der Waals surface area contributed by atoms with Crippen molar-refractivity contribution in [2.24, 2.45) is 0 Å². The number of benzene rings is 1. The molecule has 10 heteroatoms. The lowest BCUT2D eigenvalue weighted by atomic mass is 9.79. The Balaban J connectivity index is 1.72. The van der Waals surface area contributed by atoms with Gasteiger partial charge in [0.15, 0.2) is 0 Å². The first-order valence-corrected chi connectivity index (χ1v) is 9.74. The molecular weight excluding hydrogens is 403 g/mol. The first-order chi connectivity index (χ1) is 13.8. The van der Waals surface area contributed by atoms with Crippen LogP contribution in [-0.2, 0) is 15.9 Å². The van der Waals surface area contributed by atoms with E-state index in [1.807, 2.05) is 27.7 Å². The quantitative estimate of drug-likeness (QED) is 0.557. The van der Waals surface area contributed by atoms with E-state index in [9.17, 15) is 22.4 Å². The Bertz CT molecular complexity index is 981. The minimum atomic E-state index is -2.93. The van der Waals surface area contributed by atoms with E-state index in [1.54, 1.807) is 18.2 Å². The smallest absolute Gasteiger partial charge is 0.399 e. The van der Waals surface area contributed by atoms with E-state index in [0.717, 1.165) is 4.90 Å². The van der Waals surface area contributed by atoms with Crippen LogP contribution in [0.3, 0.4) is 0 Å². The number of carbonyl (C=O) groups excluding carboxylic acids is 1. The molecule has 0 spiro atoms. The third-order valence-electron chi connectivity index (χ3n) is 6.13. The Kier molecular flexibility index (Phi) is 4.74. The molecule has 4 rings (SSSR count). The monoisotopic (exact) mass is 426 g/mol. The topological polar surface area (TPSA) is 43.7 Å². The summed E-state index contributed by atoms with van der Waals surface area (Å²) in [7, 11) is -0.692. The molecule has 5 nitrogen and oxygen atoms in total. The molecule has 1 aromatic heterocycles. The van der Waals surface area contributed by atoms with Gasteiger partial charge in [0.2, 0.25) is 0 Å². The van der Waals surface area contributed by atoms with Gasteiger partial charge < -0.3 is 18.8 Å². The molecule has 0 N–H and O–H groups in total. The summed E-state index contributed by atoms with van der Waals surface area (Å²) in [5.74, 6) is -3.62. The van der Waals surface area contributed by atoms with Gasteiger partial charge in [0.05, 0.1) is 30.8 Å². The molecule has 0 unspecified atom stereocenters.